The molecule has 0 aromatic carbocycles. The van der Waals surface area contributed by atoms with Gasteiger partial charge in [0, 0.05) is 6.42 Å². The lowest BCUT2D eigenvalue weighted by Gasteiger charge is -2.33. The summed E-state index contributed by atoms with van der Waals surface area (Å²) in [7, 11) is 0. The monoisotopic (exact) mass is 166 g/mol. The highest BCUT2D eigenvalue weighted by Gasteiger charge is 2.30. The highest BCUT2D eigenvalue weighted by Crippen LogP contribution is 2.37. The predicted octanol–water partition coefficient (Wildman–Crippen LogP) is 2.96. The first-order valence-electron chi connectivity index (χ1n) is 4.62. The van der Waals surface area contributed by atoms with Crippen LogP contribution in [0, 0.1) is 11.3 Å². The average Bonchev–Trinajstić information content (AvgIpc) is 1.92. The molecule has 1 rings (SSSR count). The molecule has 0 heterocycles. The molecule has 0 bridgehead atoms. The Morgan fingerprint density at radius 1 is 1.42 bits per heavy atom. The summed E-state index contributed by atoms with van der Waals surface area (Å²) >= 11 is 0. The molecular weight excluding hydrogens is 148 g/mol. The van der Waals surface area contributed by atoms with Gasteiger partial charge < -0.3 is 0 Å². The highest BCUT2D eigenvalue weighted by atomic mass is 16.1. The van der Waals surface area contributed by atoms with Gasteiger partial charge >= 0.3 is 0 Å². The number of carbonyl (C=O) groups is 1. The third kappa shape index (κ3) is 1.96. The van der Waals surface area contributed by atoms with Gasteiger partial charge in [-0.3, -0.25) is 4.79 Å². The molecule has 0 aliphatic heterocycles. The summed E-state index contributed by atoms with van der Waals surface area (Å²) in [6.45, 7) is 10.4. The van der Waals surface area contributed by atoms with Crippen LogP contribution in [-0.2, 0) is 4.79 Å². The molecule has 1 saturated carbocycles. The first-order chi connectivity index (χ1) is 5.41. The van der Waals surface area contributed by atoms with E-state index in [0.29, 0.717) is 12.3 Å². The van der Waals surface area contributed by atoms with Gasteiger partial charge in [0.05, 0.1) is 0 Å². The molecule has 0 radical (unpaired) electrons. The molecule has 68 valence electrons. The van der Waals surface area contributed by atoms with Gasteiger partial charge in [0.15, 0.2) is 5.78 Å². The molecule has 1 atom stereocenters. The Hall–Kier alpha value is -0.590. The van der Waals surface area contributed by atoms with Crippen molar-refractivity contribution < 1.29 is 4.79 Å². The Morgan fingerprint density at radius 3 is 2.42 bits per heavy atom. The second kappa shape index (κ2) is 3.04. The zero-order valence-corrected chi connectivity index (χ0v) is 8.31. The number of ketones is 1. The van der Waals surface area contributed by atoms with E-state index < -0.39 is 0 Å². The Morgan fingerprint density at radius 2 is 2.00 bits per heavy atom. The summed E-state index contributed by atoms with van der Waals surface area (Å²) < 4.78 is 0. The fraction of sp³-hybridized carbons (Fsp3) is 0.727. The summed E-state index contributed by atoms with van der Waals surface area (Å²) in [5.41, 5.74) is 1.10. The Balaban J connectivity index is 2.63. The van der Waals surface area contributed by atoms with Gasteiger partial charge in [-0.05, 0) is 29.7 Å². The minimum atomic E-state index is 0.274. The van der Waals surface area contributed by atoms with Crippen LogP contribution in [0.15, 0.2) is 12.2 Å². The van der Waals surface area contributed by atoms with Crippen LogP contribution in [0.3, 0.4) is 0 Å². The molecule has 1 aliphatic carbocycles. The summed E-state index contributed by atoms with van der Waals surface area (Å²) in [5.74, 6) is 0.830. The molecule has 0 saturated heterocycles. The van der Waals surface area contributed by atoms with Crippen molar-refractivity contribution in [2.75, 3.05) is 0 Å². The smallest absolute Gasteiger partial charge is 0.158 e. The lowest BCUT2D eigenvalue weighted by molar-refractivity contribution is -0.118. The van der Waals surface area contributed by atoms with Gasteiger partial charge in [0.2, 0.25) is 0 Å². The van der Waals surface area contributed by atoms with Gasteiger partial charge in [0.25, 0.3) is 0 Å². The van der Waals surface area contributed by atoms with Crippen molar-refractivity contribution in [1.29, 1.82) is 0 Å². The number of allylic oxidation sites excluding steroid dienone is 1. The highest BCUT2D eigenvalue weighted by molar-refractivity contribution is 5.95. The van der Waals surface area contributed by atoms with Crippen LogP contribution < -0.4 is 0 Å². The van der Waals surface area contributed by atoms with E-state index in [1.807, 2.05) is 0 Å². The van der Waals surface area contributed by atoms with E-state index in [9.17, 15) is 4.79 Å². The van der Waals surface area contributed by atoms with Crippen molar-refractivity contribution >= 4 is 5.78 Å². The largest absolute Gasteiger partial charge is 0.295 e. The molecule has 0 aromatic rings. The Labute approximate surface area is 74.9 Å². The Bertz CT molecular complexity index is 208. The second-order valence-corrected chi connectivity index (χ2v) is 4.83. The third-order valence-electron chi connectivity index (χ3n) is 2.85. The minimum absolute atomic E-state index is 0.274. The van der Waals surface area contributed by atoms with Crippen LogP contribution in [0.5, 0.6) is 0 Å². The number of rotatable bonds is 0. The first kappa shape index (κ1) is 9.50. The van der Waals surface area contributed by atoms with E-state index in [-0.39, 0.29) is 11.2 Å². The fourth-order valence-corrected chi connectivity index (χ4v) is 1.70. The maximum absolute atomic E-state index is 11.4. The lowest BCUT2D eigenvalue weighted by atomic mass is 9.71. The van der Waals surface area contributed by atoms with Gasteiger partial charge in [0.1, 0.15) is 0 Å². The topological polar surface area (TPSA) is 17.1 Å². The standard InChI is InChI=1S/C11H18O/c1-8-5-6-9(7-10(8)12)11(2,3)4/h9H,1,5-7H2,2-4H3. The van der Waals surface area contributed by atoms with Crippen LogP contribution in [0.4, 0.5) is 0 Å². The van der Waals surface area contributed by atoms with Crippen molar-refractivity contribution in [3.63, 3.8) is 0 Å². The maximum atomic E-state index is 11.4. The molecule has 0 N–H and O–H groups in total. The summed E-state index contributed by atoms with van der Waals surface area (Å²) in [6.07, 6.45) is 2.75. The fourth-order valence-electron chi connectivity index (χ4n) is 1.70. The zero-order valence-electron chi connectivity index (χ0n) is 8.31. The molecule has 0 aromatic heterocycles. The lowest BCUT2D eigenvalue weighted by Crippen LogP contribution is -2.27. The number of Topliss-reactive ketones (excluding diaryl/α,β-unsaturated/α-hetero) is 1. The van der Waals surface area contributed by atoms with Crippen LogP contribution in [0.25, 0.3) is 0 Å². The first-order valence-corrected chi connectivity index (χ1v) is 4.62. The van der Waals surface area contributed by atoms with Gasteiger partial charge in [-0.1, -0.05) is 27.4 Å². The second-order valence-electron chi connectivity index (χ2n) is 4.83. The summed E-state index contributed by atoms with van der Waals surface area (Å²) in [5, 5.41) is 0. The maximum Gasteiger partial charge on any atom is 0.158 e. The van der Waals surface area contributed by atoms with Crippen molar-refractivity contribution in [3.05, 3.63) is 12.2 Å². The summed E-state index contributed by atoms with van der Waals surface area (Å²) in [4.78, 5) is 11.4. The van der Waals surface area contributed by atoms with Crippen LogP contribution in [-0.4, -0.2) is 5.78 Å². The predicted molar refractivity (Wildman–Crippen MR) is 50.9 cm³/mol. The van der Waals surface area contributed by atoms with Gasteiger partial charge in [-0.15, -0.1) is 0 Å². The van der Waals surface area contributed by atoms with Crippen molar-refractivity contribution in [2.24, 2.45) is 11.3 Å². The quantitative estimate of drug-likeness (QED) is 0.506. The van der Waals surface area contributed by atoms with Crippen molar-refractivity contribution in [3.8, 4) is 0 Å². The molecule has 0 amide bonds. The minimum Gasteiger partial charge on any atom is -0.295 e. The van der Waals surface area contributed by atoms with Crippen LogP contribution in [0.2, 0.25) is 0 Å². The van der Waals surface area contributed by atoms with Crippen molar-refractivity contribution in [2.45, 2.75) is 40.0 Å². The molecule has 1 aliphatic rings. The molecule has 1 heteroatoms. The molecule has 1 nitrogen and oxygen atoms in total. The van der Waals surface area contributed by atoms with E-state index in [4.69, 9.17) is 0 Å². The molecule has 1 unspecified atom stereocenters. The number of hydrogen-bond donors (Lipinski definition) is 0. The molecule has 1 fully saturated rings. The third-order valence-corrected chi connectivity index (χ3v) is 2.85. The molecule has 12 heavy (non-hydrogen) atoms. The normalized spacial score (nSPS) is 26.1. The number of carbonyl (C=O) groups excluding carboxylic acids is 1. The van der Waals surface area contributed by atoms with E-state index in [2.05, 4.69) is 27.4 Å². The van der Waals surface area contributed by atoms with Gasteiger partial charge in [-0.2, -0.15) is 0 Å². The van der Waals surface area contributed by atoms with E-state index in [1.165, 1.54) is 0 Å². The van der Waals surface area contributed by atoms with Crippen LogP contribution >= 0.6 is 0 Å². The Kier molecular flexibility index (Phi) is 2.41. The van der Waals surface area contributed by atoms with Crippen LogP contribution in [0.1, 0.15) is 40.0 Å². The zero-order chi connectivity index (χ0) is 9.35. The van der Waals surface area contributed by atoms with Crippen molar-refractivity contribution in [1.82, 2.24) is 0 Å². The van der Waals surface area contributed by atoms with E-state index >= 15 is 0 Å². The van der Waals surface area contributed by atoms with E-state index in [1.54, 1.807) is 0 Å². The van der Waals surface area contributed by atoms with Gasteiger partial charge in [-0.25, -0.2) is 0 Å². The number of hydrogen-bond acceptors (Lipinski definition) is 1. The SMILES string of the molecule is C=C1CCC(C(C)(C)C)CC1=O. The summed E-state index contributed by atoms with van der Waals surface area (Å²) in [6, 6.07) is 0. The average molecular weight is 166 g/mol. The molecular formula is C11H18O. The van der Waals surface area contributed by atoms with E-state index in [0.717, 1.165) is 18.4 Å². The molecule has 0 spiro atoms.